The summed E-state index contributed by atoms with van der Waals surface area (Å²) in [5.41, 5.74) is -1.69. The maximum atomic E-state index is 14.7. The molecule has 34 heavy (non-hydrogen) atoms. The van der Waals surface area contributed by atoms with Crippen molar-refractivity contribution in [1.29, 1.82) is 0 Å². The van der Waals surface area contributed by atoms with Crippen LogP contribution in [0.3, 0.4) is 0 Å². The molecule has 1 aromatic heterocycles. The minimum atomic E-state index is -5.91. The van der Waals surface area contributed by atoms with Crippen molar-refractivity contribution < 1.29 is 54.6 Å². The molecular weight excluding hydrogens is 491 g/mol. The van der Waals surface area contributed by atoms with E-state index in [4.69, 9.17) is 14.3 Å². The molecule has 2 aromatic rings. The number of nitrogens with zero attached hydrogens (tertiary/aromatic N) is 3. The second-order valence-electron chi connectivity index (χ2n) is 7.29. The Hall–Kier alpha value is -2.78. The lowest BCUT2D eigenvalue weighted by molar-refractivity contribution is -0.270. The molecule has 1 fully saturated rings. The number of halogens is 5. The van der Waals surface area contributed by atoms with Crippen molar-refractivity contribution in [2.75, 3.05) is 6.18 Å². The van der Waals surface area contributed by atoms with Gasteiger partial charge >= 0.3 is 12.3 Å². The van der Waals surface area contributed by atoms with Gasteiger partial charge in [-0.15, -0.1) is 0 Å². The second-order valence-corrected chi connectivity index (χ2v) is 8.61. The largest absolute Gasteiger partial charge is 0.465 e. The molecule has 4 rings (SSSR count). The van der Waals surface area contributed by atoms with Crippen LogP contribution in [-0.2, 0) is 27.8 Å². The molecule has 0 bridgehead atoms. The molecule has 2 N–H and O–H groups in total. The lowest BCUT2D eigenvalue weighted by Gasteiger charge is -2.45. The topological polar surface area (TPSA) is 114 Å². The van der Waals surface area contributed by atoms with E-state index in [1.54, 1.807) is 5.32 Å². The van der Waals surface area contributed by atoms with Crippen LogP contribution >= 0.6 is 0 Å². The van der Waals surface area contributed by atoms with Crippen LogP contribution in [0.25, 0.3) is 0 Å². The SMILES string of the molecule is [2H]C1([2H])[C@H](NC(=O)O)[C@@H](c2cc(F)ccc2F)OC([2H])(C(F)(F)F)C1([2H])N1Cc2cn(S(=O)(=O)C([2H])([2H])[2H])nc2C1. The second kappa shape index (κ2) is 8.46. The maximum Gasteiger partial charge on any atom is 0.416 e. The van der Waals surface area contributed by atoms with Crippen LogP contribution in [0.1, 0.15) is 38.9 Å². The first-order chi connectivity index (χ1) is 18.5. The van der Waals surface area contributed by atoms with Crippen molar-refractivity contribution in [3.05, 3.63) is 52.9 Å². The summed E-state index contributed by atoms with van der Waals surface area (Å²) in [6, 6.07) is -5.06. The van der Waals surface area contributed by atoms with Crippen molar-refractivity contribution in [2.24, 2.45) is 0 Å². The highest BCUT2D eigenvalue weighted by atomic mass is 32.2. The normalized spacial score (nSPS) is 35.0. The predicted molar refractivity (Wildman–Crippen MR) is 105 cm³/mol. The molecule has 186 valence electrons. The van der Waals surface area contributed by atoms with Crippen LogP contribution < -0.4 is 5.32 Å². The number of carbonyl (C=O) groups is 1. The summed E-state index contributed by atoms with van der Waals surface area (Å²) in [6.45, 7) is -1.84. The zero-order chi connectivity index (χ0) is 31.1. The highest BCUT2D eigenvalue weighted by Crippen LogP contribution is 2.43. The van der Waals surface area contributed by atoms with Crippen LogP contribution in [0.2, 0.25) is 0 Å². The number of ether oxygens (including phenoxy) is 1. The molecule has 3 heterocycles. The quantitative estimate of drug-likeness (QED) is 0.599. The van der Waals surface area contributed by atoms with Gasteiger partial charge in [0, 0.05) is 44.7 Å². The molecule has 0 spiro atoms. The van der Waals surface area contributed by atoms with Crippen molar-refractivity contribution in [3.63, 3.8) is 0 Å². The van der Waals surface area contributed by atoms with Gasteiger partial charge in [-0.05, 0) is 24.6 Å². The molecule has 0 radical (unpaired) electrons. The van der Waals surface area contributed by atoms with Gasteiger partial charge in [0.1, 0.15) is 17.7 Å². The Bertz CT molecular complexity index is 1480. The molecule has 1 saturated heterocycles. The lowest BCUT2D eigenvalue weighted by atomic mass is 9.88. The number of alkyl halides is 3. The molecule has 0 saturated carbocycles. The Kier molecular flexibility index (Phi) is 4.18. The Morgan fingerprint density at radius 2 is 2.12 bits per heavy atom. The number of hydrogen-bond acceptors (Lipinski definition) is 6. The molecule has 4 atom stereocenters. The number of rotatable bonds is 4. The monoisotopic (exact) mass is 517 g/mol. The van der Waals surface area contributed by atoms with Gasteiger partial charge in [0.2, 0.25) is 0 Å². The fraction of sp³-hybridized carbons (Fsp3) is 0.474. The van der Waals surface area contributed by atoms with E-state index >= 15 is 0 Å². The van der Waals surface area contributed by atoms with Crippen LogP contribution in [0.15, 0.2) is 24.4 Å². The summed E-state index contributed by atoms with van der Waals surface area (Å²) in [5, 5.41) is 14.4. The van der Waals surface area contributed by atoms with Crippen molar-refractivity contribution in [1.82, 2.24) is 19.4 Å². The first-order valence-electron chi connectivity index (χ1n) is 12.8. The van der Waals surface area contributed by atoms with Gasteiger partial charge < -0.3 is 15.2 Å². The first-order valence-corrected chi connectivity index (χ1v) is 10.7. The van der Waals surface area contributed by atoms with Gasteiger partial charge in [0.05, 0.1) is 19.3 Å². The summed E-state index contributed by atoms with van der Waals surface area (Å²) < 4.78 is 158. The summed E-state index contributed by atoms with van der Waals surface area (Å²) >= 11 is 0. The van der Waals surface area contributed by atoms with Crippen molar-refractivity contribution in [2.45, 2.75) is 49.9 Å². The zero-order valence-electron chi connectivity index (χ0n) is 23.6. The number of fused-ring (bicyclic) bond motifs is 1. The van der Waals surface area contributed by atoms with Crippen LogP contribution in [-0.4, -0.2) is 64.2 Å². The van der Waals surface area contributed by atoms with Crippen molar-refractivity contribution in [3.8, 4) is 0 Å². The van der Waals surface area contributed by atoms with E-state index in [0.717, 1.165) is 0 Å². The molecule has 1 amide bonds. The fourth-order valence-electron chi connectivity index (χ4n) is 3.60. The van der Waals surface area contributed by atoms with Crippen LogP contribution in [0.5, 0.6) is 0 Å². The predicted octanol–water partition coefficient (Wildman–Crippen LogP) is 2.38. The Balaban J connectivity index is 1.87. The molecule has 2 aliphatic rings. The van der Waals surface area contributed by atoms with Gasteiger partial charge in [-0.1, -0.05) is 0 Å². The summed E-state index contributed by atoms with van der Waals surface area (Å²) in [6.07, 6.45) is -21.9. The zero-order valence-corrected chi connectivity index (χ0v) is 17.4. The number of hydrogen-bond donors (Lipinski definition) is 2. The molecule has 2 unspecified atom stereocenters. The number of benzene rings is 1. The highest BCUT2D eigenvalue weighted by molar-refractivity contribution is 7.89. The minimum absolute atomic E-state index is 0.0554. The molecule has 1 aromatic carbocycles. The number of amides is 1. The minimum Gasteiger partial charge on any atom is -0.465 e. The van der Waals surface area contributed by atoms with E-state index in [2.05, 4.69) is 5.10 Å². The molecule has 2 aliphatic heterocycles. The van der Waals surface area contributed by atoms with Gasteiger partial charge in [-0.3, -0.25) is 4.90 Å². The van der Waals surface area contributed by atoms with E-state index in [1.165, 1.54) is 0 Å². The average Bonchev–Trinajstić information content (AvgIpc) is 3.40. The van der Waals surface area contributed by atoms with Gasteiger partial charge in [-0.2, -0.15) is 22.4 Å². The van der Waals surface area contributed by atoms with E-state index in [0.29, 0.717) is 29.3 Å². The lowest BCUT2D eigenvalue weighted by Crippen LogP contribution is -2.59. The van der Waals surface area contributed by atoms with Crippen LogP contribution in [0, 0.1) is 11.6 Å². The van der Waals surface area contributed by atoms with E-state index < -0.39 is 89.4 Å². The first kappa shape index (κ1) is 16.8. The summed E-state index contributed by atoms with van der Waals surface area (Å²) in [5.74, 6) is -2.63. The standard InChI is InChI=1S/C19H19F5N4O5S/c1-34(31,32)28-7-9-6-27(8-14(9)26-28)15-5-13(25-18(29)30)16(33-17(15)19(22,23)24)11-4-10(20)2-3-12(11)21/h2-4,7,13,15-17,25H,5-6,8H2,1H3,(H,29,30)/t13-,15?,16+,17?/m0/s1/i1D3,5D2,15D,17D. The van der Waals surface area contributed by atoms with E-state index in [9.17, 15) is 40.3 Å². The third kappa shape index (κ3) is 4.72. The summed E-state index contributed by atoms with van der Waals surface area (Å²) in [4.78, 5) is 11.9. The maximum absolute atomic E-state index is 14.7. The van der Waals surface area contributed by atoms with Gasteiger partial charge in [0.15, 0.2) is 6.08 Å². The molecule has 15 heteroatoms. The smallest absolute Gasteiger partial charge is 0.416 e. The van der Waals surface area contributed by atoms with E-state index in [1.807, 2.05) is 0 Å². The van der Waals surface area contributed by atoms with Crippen molar-refractivity contribution >= 4 is 16.1 Å². The Labute approximate surface area is 200 Å². The number of aromatic nitrogens is 2. The third-order valence-corrected chi connectivity index (χ3v) is 5.66. The number of nitrogens with one attached hydrogen (secondary N) is 1. The Morgan fingerprint density at radius 1 is 1.38 bits per heavy atom. The number of carboxylic acid groups (broad SMARTS) is 1. The fourth-order valence-corrected chi connectivity index (χ4v) is 4.08. The average molecular weight is 517 g/mol. The van der Waals surface area contributed by atoms with Gasteiger partial charge in [0.25, 0.3) is 10.0 Å². The molecule has 0 aliphatic carbocycles. The Morgan fingerprint density at radius 3 is 2.74 bits per heavy atom. The summed E-state index contributed by atoms with van der Waals surface area (Å²) in [7, 11) is -5.07. The third-order valence-electron chi connectivity index (χ3n) is 4.98. The highest BCUT2D eigenvalue weighted by Gasteiger charge is 2.55. The molecule has 9 nitrogen and oxygen atoms in total. The van der Waals surface area contributed by atoms with E-state index in [-0.39, 0.29) is 15.3 Å². The molecular formula is C19H19F5N4O5S. The van der Waals surface area contributed by atoms with Crippen LogP contribution in [0.4, 0.5) is 26.7 Å². The van der Waals surface area contributed by atoms with Gasteiger partial charge in [-0.25, -0.2) is 22.0 Å².